The zero-order valence-electron chi connectivity index (χ0n) is 12.9. The fourth-order valence-electron chi connectivity index (χ4n) is 2.18. The third-order valence-corrected chi connectivity index (χ3v) is 3.56. The predicted octanol–water partition coefficient (Wildman–Crippen LogP) is 2.40. The normalized spacial score (nSPS) is 10.8. The van der Waals surface area contributed by atoms with Gasteiger partial charge in [0.2, 0.25) is 5.82 Å². The Hall–Kier alpha value is -2.67. The van der Waals surface area contributed by atoms with Crippen molar-refractivity contribution in [2.24, 2.45) is 0 Å². The van der Waals surface area contributed by atoms with Crippen LogP contribution in [0.1, 0.15) is 16.3 Å². The largest absolute Gasteiger partial charge is 0.376 e. The highest BCUT2D eigenvalue weighted by Gasteiger charge is 2.16. The predicted molar refractivity (Wildman–Crippen MR) is 89.3 cm³/mol. The topological polar surface area (TPSA) is 75.4 Å². The van der Waals surface area contributed by atoms with E-state index in [1.54, 1.807) is 24.4 Å². The number of nitrogens with zero attached hydrogens (tertiary/aromatic N) is 5. The molecule has 2 heterocycles. The van der Waals surface area contributed by atoms with Crippen molar-refractivity contribution >= 4 is 34.7 Å². The van der Waals surface area contributed by atoms with Gasteiger partial charge in [-0.3, -0.25) is 4.79 Å². The third kappa shape index (κ3) is 2.95. The molecule has 0 unspecified atom stereocenters. The molecule has 1 aromatic carbocycles. The molecule has 23 heavy (non-hydrogen) atoms. The molecule has 0 spiro atoms. The van der Waals surface area contributed by atoms with Gasteiger partial charge in [0.15, 0.2) is 0 Å². The SMILES string of the molecule is Cc1ccnc2nc(C(=O)Nc3cc(Cl)ccc3N(C)C)nn12. The molecule has 0 saturated heterocycles. The van der Waals surface area contributed by atoms with Gasteiger partial charge in [-0.2, -0.15) is 4.98 Å². The fraction of sp³-hybridized carbons (Fsp3) is 0.200. The second-order valence-electron chi connectivity index (χ2n) is 5.24. The maximum atomic E-state index is 12.4. The van der Waals surface area contributed by atoms with Crippen molar-refractivity contribution in [2.75, 3.05) is 24.3 Å². The monoisotopic (exact) mass is 330 g/mol. The zero-order valence-corrected chi connectivity index (χ0v) is 13.7. The first-order valence-electron chi connectivity index (χ1n) is 6.92. The summed E-state index contributed by atoms with van der Waals surface area (Å²) in [5.41, 5.74) is 2.27. The van der Waals surface area contributed by atoms with E-state index in [0.717, 1.165) is 11.4 Å². The van der Waals surface area contributed by atoms with E-state index in [1.165, 1.54) is 4.52 Å². The number of nitrogens with one attached hydrogen (secondary N) is 1. The second kappa shape index (κ2) is 5.85. The number of amides is 1. The Morgan fingerprint density at radius 3 is 2.78 bits per heavy atom. The summed E-state index contributed by atoms with van der Waals surface area (Å²) < 4.78 is 1.53. The van der Waals surface area contributed by atoms with Crippen LogP contribution >= 0.6 is 11.6 Å². The van der Waals surface area contributed by atoms with E-state index in [0.29, 0.717) is 16.5 Å². The molecule has 0 aliphatic carbocycles. The van der Waals surface area contributed by atoms with Gasteiger partial charge in [-0.05, 0) is 31.2 Å². The van der Waals surface area contributed by atoms with Crippen molar-refractivity contribution in [3.05, 3.63) is 47.0 Å². The van der Waals surface area contributed by atoms with Gasteiger partial charge in [0, 0.05) is 31.0 Å². The van der Waals surface area contributed by atoms with E-state index >= 15 is 0 Å². The Kier molecular flexibility index (Phi) is 3.87. The van der Waals surface area contributed by atoms with E-state index in [-0.39, 0.29) is 5.82 Å². The summed E-state index contributed by atoms with van der Waals surface area (Å²) in [6.45, 7) is 1.87. The molecule has 2 aromatic heterocycles. The van der Waals surface area contributed by atoms with E-state index in [1.807, 2.05) is 32.0 Å². The van der Waals surface area contributed by atoms with Crippen LogP contribution in [0.2, 0.25) is 5.02 Å². The Morgan fingerprint density at radius 2 is 2.09 bits per heavy atom. The highest BCUT2D eigenvalue weighted by Crippen LogP contribution is 2.28. The summed E-state index contributed by atoms with van der Waals surface area (Å²) in [4.78, 5) is 22.6. The molecule has 0 radical (unpaired) electrons. The summed E-state index contributed by atoms with van der Waals surface area (Å²) in [5, 5.41) is 7.52. The van der Waals surface area contributed by atoms with Crippen molar-refractivity contribution in [3.63, 3.8) is 0 Å². The minimum Gasteiger partial charge on any atom is -0.376 e. The number of fused-ring (bicyclic) bond motifs is 1. The third-order valence-electron chi connectivity index (χ3n) is 3.32. The van der Waals surface area contributed by atoms with Gasteiger partial charge in [-0.1, -0.05) is 11.6 Å². The minimum atomic E-state index is -0.416. The number of rotatable bonds is 3. The van der Waals surface area contributed by atoms with E-state index in [9.17, 15) is 4.79 Å². The van der Waals surface area contributed by atoms with Crippen LogP contribution < -0.4 is 10.2 Å². The number of aromatic nitrogens is 4. The number of hydrogen-bond acceptors (Lipinski definition) is 5. The van der Waals surface area contributed by atoms with E-state index in [4.69, 9.17) is 11.6 Å². The quantitative estimate of drug-likeness (QED) is 0.798. The van der Waals surface area contributed by atoms with Gasteiger partial charge in [0.05, 0.1) is 11.4 Å². The molecule has 0 bridgehead atoms. The summed E-state index contributed by atoms with van der Waals surface area (Å²) in [6, 6.07) is 7.09. The summed E-state index contributed by atoms with van der Waals surface area (Å²) >= 11 is 6.02. The summed E-state index contributed by atoms with van der Waals surface area (Å²) in [7, 11) is 3.77. The van der Waals surface area contributed by atoms with Crippen LogP contribution in [0.25, 0.3) is 5.78 Å². The Labute approximate surface area is 137 Å². The molecule has 8 heteroatoms. The van der Waals surface area contributed by atoms with Crippen molar-refractivity contribution in [3.8, 4) is 0 Å². The lowest BCUT2D eigenvalue weighted by Crippen LogP contribution is -2.18. The molecule has 7 nitrogen and oxygen atoms in total. The van der Waals surface area contributed by atoms with Crippen LogP contribution in [0.15, 0.2) is 30.5 Å². The first-order valence-corrected chi connectivity index (χ1v) is 7.30. The van der Waals surface area contributed by atoms with Crippen molar-refractivity contribution in [1.82, 2.24) is 19.6 Å². The van der Waals surface area contributed by atoms with Gasteiger partial charge in [0.1, 0.15) is 0 Å². The van der Waals surface area contributed by atoms with Crippen LogP contribution in [0.3, 0.4) is 0 Å². The molecule has 0 aliphatic heterocycles. The lowest BCUT2D eigenvalue weighted by molar-refractivity contribution is 0.101. The Bertz CT molecular complexity index is 889. The van der Waals surface area contributed by atoms with E-state index in [2.05, 4.69) is 20.4 Å². The fourth-order valence-corrected chi connectivity index (χ4v) is 2.35. The van der Waals surface area contributed by atoms with Crippen molar-refractivity contribution in [2.45, 2.75) is 6.92 Å². The standard InChI is InChI=1S/C15H15ClN6O/c1-9-6-7-17-15-19-13(20-22(9)15)14(23)18-11-8-10(16)4-5-12(11)21(2)3/h4-8H,1-3H3,(H,18,23). The highest BCUT2D eigenvalue weighted by molar-refractivity contribution is 6.31. The minimum absolute atomic E-state index is 0.0523. The molecule has 0 atom stereocenters. The van der Waals surface area contributed by atoms with Crippen molar-refractivity contribution < 1.29 is 4.79 Å². The average Bonchev–Trinajstić information content (AvgIpc) is 2.92. The maximum Gasteiger partial charge on any atom is 0.295 e. The summed E-state index contributed by atoms with van der Waals surface area (Å²) in [6.07, 6.45) is 1.63. The Morgan fingerprint density at radius 1 is 1.30 bits per heavy atom. The molecule has 0 saturated carbocycles. The number of benzene rings is 1. The first kappa shape index (κ1) is 15.2. The highest BCUT2D eigenvalue weighted by atomic mass is 35.5. The number of anilines is 2. The number of halogens is 1. The number of carbonyl (C=O) groups excluding carboxylic acids is 1. The van der Waals surface area contributed by atoms with Gasteiger partial charge >= 0.3 is 0 Å². The second-order valence-corrected chi connectivity index (χ2v) is 5.68. The van der Waals surface area contributed by atoms with Crippen LogP contribution in [0.5, 0.6) is 0 Å². The van der Waals surface area contributed by atoms with Crippen molar-refractivity contribution in [1.29, 1.82) is 0 Å². The molecule has 0 fully saturated rings. The molecule has 118 valence electrons. The van der Waals surface area contributed by atoms with Gasteiger partial charge in [-0.15, -0.1) is 5.10 Å². The number of hydrogen-bond donors (Lipinski definition) is 1. The lowest BCUT2D eigenvalue weighted by Gasteiger charge is -2.17. The van der Waals surface area contributed by atoms with Crippen LogP contribution in [0.4, 0.5) is 11.4 Å². The van der Waals surface area contributed by atoms with Crippen LogP contribution in [0, 0.1) is 6.92 Å². The van der Waals surface area contributed by atoms with Gasteiger partial charge in [0.25, 0.3) is 11.7 Å². The van der Waals surface area contributed by atoms with Gasteiger partial charge < -0.3 is 10.2 Å². The van der Waals surface area contributed by atoms with E-state index < -0.39 is 5.91 Å². The molecule has 1 amide bonds. The molecule has 0 aliphatic rings. The average molecular weight is 331 g/mol. The molecular weight excluding hydrogens is 316 g/mol. The smallest absolute Gasteiger partial charge is 0.295 e. The van der Waals surface area contributed by atoms with Crippen LogP contribution in [-0.4, -0.2) is 39.6 Å². The number of aryl methyl sites for hydroxylation is 1. The summed E-state index contributed by atoms with van der Waals surface area (Å²) in [5.74, 6) is 0.0193. The zero-order chi connectivity index (χ0) is 16.6. The maximum absolute atomic E-state index is 12.4. The molecule has 3 rings (SSSR count). The first-order chi connectivity index (χ1) is 11.0. The van der Waals surface area contributed by atoms with Gasteiger partial charge in [-0.25, -0.2) is 9.50 Å². The lowest BCUT2D eigenvalue weighted by atomic mass is 10.2. The Balaban J connectivity index is 1.95. The van der Waals surface area contributed by atoms with Crippen LogP contribution in [-0.2, 0) is 0 Å². The molecule has 1 N–H and O–H groups in total. The number of carbonyl (C=O) groups is 1. The molecule has 3 aromatic rings. The molecular formula is C15H15ClN6O.